The number of hydrogen-bond acceptors (Lipinski definition) is 5. The van der Waals surface area contributed by atoms with E-state index in [9.17, 15) is 0 Å². The van der Waals surface area contributed by atoms with Crippen LogP contribution in [-0.2, 0) is 24.9 Å². The van der Waals surface area contributed by atoms with Crippen LogP contribution >= 0.6 is 11.3 Å². The van der Waals surface area contributed by atoms with Crippen LogP contribution in [0.1, 0.15) is 10.6 Å². The van der Waals surface area contributed by atoms with Crippen molar-refractivity contribution in [1.29, 1.82) is 0 Å². The van der Waals surface area contributed by atoms with Gasteiger partial charge in [-0.1, -0.05) is 0 Å². The molecule has 5 nitrogen and oxygen atoms in total. The van der Waals surface area contributed by atoms with Gasteiger partial charge >= 0.3 is 0 Å². The summed E-state index contributed by atoms with van der Waals surface area (Å²) in [7, 11) is 5.52. The van der Waals surface area contributed by atoms with Gasteiger partial charge in [0.2, 0.25) is 0 Å². The maximum atomic E-state index is 5.16. The summed E-state index contributed by atoms with van der Waals surface area (Å²) in [5.74, 6) is 0. The molecular weight excluding hydrogens is 236 g/mol. The van der Waals surface area contributed by atoms with Crippen molar-refractivity contribution in [1.82, 2.24) is 20.1 Å². The third-order valence-corrected chi connectivity index (χ3v) is 3.50. The van der Waals surface area contributed by atoms with E-state index in [2.05, 4.69) is 15.4 Å². The molecule has 2 rings (SSSR count). The molecule has 1 N–H and O–H groups in total. The first-order valence-corrected chi connectivity index (χ1v) is 6.17. The van der Waals surface area contributed by atoms with Gasteiger partial charge in [-0.05, 0) is 7.05 Å². The minimum Gasteiger partial charge on any atom is -0.378 e. The van der Waals surface area contributed by atoms with Crippen molar-refractivity contribution in [3.05, 3.63) is 23.0 Å². The number of rotatable bonds is 5. The molecule has 0 saturated heterocycles. The molecule has 0 aromatic carbocycles. The summed E-state index contributed by atoms with van der Waals surface area (Å²) < 4.78 is 6.95. The van der Waals surface area contributed by atoms with E-state index in [1.165, 1.54) is 4.88 Å². The molecule has 6 heteroatoms. The number of aryl methyl sites for hydroxylation is 1. The number of thiazole rings is 1. The van der Waals surface area contributed by atoms with Gasteiger partial charge in [-0.25, -0.2) is 4.98 Å². The Morgan fingerprint density at radius 2 is 2.35 bits per heavy atom. The Hall–Kier alpha value is -1.24. The van der Waals surface area contributed by atoms with Crippen LogP contribution < -0.4 is 5.32 Å². The molecule has 0 radical (unpaired) electrons. The molecule has 0 spiro atoms. The van der Waals surface area contributed by atoms with Crippen LogP contribution in [0, 0.1) is 0 Å². The molecule has 0 unspecified atom stereocenters. The summed E-state index contributed by atoms with van der Waals surface area (Å²) in [5, 5.41) is 8.30. The average Bonchev–Trinajstić information content (AvgIpc) is 2.87. The topological polar surface area (TPSA) is 52.0 Å². The van der Waals surface area contributed by atoms with Crippen molar-refractivity contribution < 1.29 is 4.74 Å². The van der Waals surface area contributed by atoms with Crippen molar-refractivity contribution in [2.24, 2.45) is 7.05 Å². The van der Waals surface area contributed by atoms with Gasteiger partial charge in [0, 0.05) is 37.3 Å². The van der Waals surface area contributed by atoms with Gasteiger partial charge in [0.05, 0.1) is 18.5 Å². The molecule has 2 heterocycles. The highest BCUT2D eigenvalue weighted by atomic mass is 32.1. The van der Waals surface area contributed by atoms with E-state index >= 15 is 0 Å². The van der Waals surface area contributed by atoms with E-state index in [1.807, 2.05) is 26.5 Å². The fourth-order valence-electron chi connectivity index (χ4n) is 1.59. The predicted octanol–water partition coefficient (Wildman–Crippen LogP) is 1.41. The molecule has 17 heavy (non-hydrogen) atoms. The van der Waals surface area contributed by atoms with Crippen molar-refractivity contribution in [2.45, 2.75) is 13.2 Å². The molecule has 0 atom stereocenters. The lowest BCUT2D eigenvalue weighted by Crippen LogP contribution is -2.06. The Labute approximate surface area is 104 Å². The molecule has 0 amide bonds. The Morgan fingerprint density at radius 1 is 1.53 bits per heavy atom. The highest BCUT2D eigenvalue weighted by Gasteiger charge is 2.12. The van der Waals surface area contributed by atoms with Crippen LogP contribution in [0.4, 0.5) is 0 Å². The minimum absolute atomic E-state index is 0.549. The van der Waals surface area contributed by atoms with Crippen LogP contribution in [0.3, 0.4) is 0 Å². The fourth-order valence-corrected chi connectivity index (χ4v) is 2.64. The molecule has 2 aromatic rings. The molecule has 0 bridgehead atoms. The second kappa shape index (κ2) is 5.39. The van der Waals surface area contributed by atoms with E-state index in [0.29, 0.717) is 6.61 Å². The van der Waals surface area contributed by atoms with Gasteiger partial charge in [-0.2, -0.15) is 5.10 Å². The fraction of sp³-hybridized carbons (Fsp3) is 0.455. The number of nitrogens with zero attached hydrogens (tertiary/aromatic N) is 3. The summed E-state index contributed by atoms with van der Waals surface area (Å²) in [6.45, 7) is 1.37. The summed E-state index contributed by atoms with van der Waals surface area (Å²) in [6.07, 6.45) is 3.80. The van der Waals surface area contributed by atoms with Gasteiger partial charge in [-0.3, -0.25) is 4.68 Å². The Bertz CT molecular complexity index is 468. The standard InChI is InChI=1S/C11H16N4OS/c1-12-5-10-9(7-16-3)14-11(17-10)8-4-13-15(2)6-8/h4,6,12H,5,7H2,1-3H3. The minimum atomic E-state index is 0.549. The lowest BCUT2D eigenvalue weighted by Gasteiger charge is -1.98. The lowest BCUT2D eigenvalue weighted by atomic mass is 10.3. The van der Waals surface area contributed by atoms with E-state index in [1.54, 1.807) is 23.1 Å². The first-order chi connectivity index (χ1) is 8.24. The van der Waals surface area contributed by atoms with E-state index in [4.69, 9.17) is 4.74 Å². The van der Waals surface area contributed by atoms with Gasteiger partial charge in [-0.15, -0.1) is 11.3 Å². The van der Waals surface area contributed by atoms with Crippen LogP contribution in [-0.4, -0.2) is 28.9 Å². The van der Waals surface area contributed by atoms with Crippen molar-refractivity contribution in [2.75, 3.05) is 14.2 Å². The lowest BCUT2D eigenvalue weighted by molar-refractivity contribution is 0.181. The van der Waals surface area contributed by atoms with Gasteiger partial charge in [0.15, 0.2) is 0 Å². The molecule has 0 aliphatic heterocycles. The second-order valence-corrected chi connectivity index (χ2v) is 4.84. The molecule has 0 saturated carbocycles. The molecule has 0 fully saturated rings. The summed E-state index contributed by atoms with van der Waals surface area (Å²) in [6, 6.07) is 0. The second-order valence-electron chi connectivity index (χ2n) is 3.75. The number of ether oxygens (including phenoxy) is 1. The van der Waals surface area contributed by atoms with Crippen LogP contribution in [0.2, 0.25) is 0 Å². The van der Waals surface area contributed by atoms with Gasteiger partial charge < -0.3 is 10.1 Å². The van der Waals surface area contributed by atoms with Crippen LogP contribution in [0.5, 0.6) is 0 Å². The maximum Gasteiger partial charge on any atom is 0.127 e. The Kier molecular flexibility index (Phi) is 3.88. The monoisotopic (exact) mass is 252 g/mol. The van der Waals surface area contributed by atoms with Crippen LogP contribution in [0.25, 0.3) is 10.6 Å². The number of aromatic nitrogens is 3. The smallest absolute Gasteiger partial charge is 0.127 e. The van der Waals surface area contributed by atoms with Crippen LogP contribution in [0.15, 0.2) is 12.4 Å². The first kappa shape index (κ1) is 12.2. The highest BCUT2D eigenvalue weighted by molar-refractivity contribution is 7.15. The van der Waals surface area contributed by atoms with Crippen molar-refractivity contribution in [3.63, 3.8) is 0 Å². The summed E-state index contributed by atoms with van der Waals surface area (Å²) in [5.41, 5.74) is 2.06. The number of hydrogen-bond donors (Lipinski definition) is 1. The third kappa shape index (κ3) is 2.71. The summed E-state index contributed by atoms with van der Waals surface area (Å²) in [4.78, 5) is 5.82. The maximum absolute atomic E-state index is 5.16. The van der Waals surface area contributed by atoms with E-state index in [0.717, 1.165) is 22.8 Å². The zero-order chi connectivity index (χ0) is 12.3. The van der Waals surface area contributed by atoms with Crippen molar-refractivity contribution >= 4 is 11.3 Å². The van der Waals surface area contributed by atoms with Gasteiger partial charge in [0.25, 0.3) is 0 Å². The Balaban J connectivity index is 2.32. The predicted molar refractivity (Wildman–Crippen MR) is 67.8 cm³/mol. The molecule has 0 aliphatic carbocycles. The summed E-state index contributed by atoms with van der Waals surface area (Å²) >= 11 is 1.68. The van der Waals surface area contributed by atoms with Crippen molar-refractivity contribution in [3.8, 4) is 10.6 Å². The SMILES string of the molecule is CNCc1sc(-c2cnn(C)c2)nc1COC. The Morgan fingerprint density at radius 3 is 2.94 bits per heavy atom. The quantitative estimate of drug-likeness (QED) is 0.874. The zero-order valence-corrected chi connectivity index (χ0v) is 11.0. The van der Waals surface area contributed by atoms with Gasteiger partial charge in [0.1, 0.15) is 5.01 Å². The highest BCUT2D eigenvalue weighted by Crippen LogP contribution is 2.28. The normalized spacial score (nSPS) is 11.0. The zero-order valence-electron chi connectivity index (χ0n) is 10.2. The molecule has 0 aliphatic rings. The first-order valence-electron chi connectivity index (χ1n) is 5.35. The average molecular weight is 252 g/mol. The third-order valence-electron chi connectivity index (χ3n) is 2.35. The molecule has 92 valence electrons. The van der Waals surface area contributed by atoms with E-state index in [-0.39, 0.29) is 0 Å². The number of nitrogens with one attached hydrogen (secondary N) is 1. The van der Waals surface area contributed by atoms with E-state index < -0.39 is 0 Å². The molecular formula is C11H16N4OS. The number of methoxy groups -OCH3 is 1. The largest absolute Gasteiger partial charge is 0.378 e. The molecule has 2 aromatic heterocycles.